The van der Waals surface area contributed by atoms with E-state index in [1.165, 1.54) is 0 Å². The minimum atomic E-state index is -4.54. The molecule has 1 unspecified atom stereocenters. The highest BCUT2D eigenvalue weighted by molar-refractivity contribution is 5.40. The smallest absolute Gasteiger partial charge is 0.386 e. The second-order valence-electron chi connectivity index (χ2n) is 4.35. The molecule has 6 nitrogen and oxygen atoms in total. The number of aromatic nitrogens is 2. The number of halogens is 3. The fourth-order valence-corrected chi connectivity index (χ4v) is 1.97. The molecule has 0 saturated heterocycles. The van der Waals surface area contributed by atoms with Crippen molar-refractivity contribution in [1.82, 2.24) is 15.3 Å². The summed E-state index contributed by atoms with van der Waals surface area (Å²) in [6.45, 7) is 1.06. The van der Waals surface area contributed by atoms with Crippen molar-refractivity contribution in [1.29, 1.82) is 0 Å². The Labute approximate surface area is 117 Å². The molecule has 1 atom stereocenters. The van der Waals surface area contributed by atoms with E-state index in [0.29, 0.717) is 13.2 Å². The van der Waals surface area contributed by atoms with Crippen LogP contribution in [0.25, 0.3) is 0 Å². The van der Waals surface area contributed by atoms with Gasteiger partial charge in [0.15, 0.2) is 6.23 Å². The van der Waals surface area contributed by atoms with Gasteiger partial charge in [-0.15, -0.1) is 10.2 Å². The third-order valence-corrected chi connectivity index (χ3v) is 2.96. The first-order valence-corrected chi connectivity index (χ1v) is 6.09. The van der Waals surface area contributed by atoms with E-state index in [4.69, 9.17) is 4.74 Å². The number of azo groups is 1. The van der Waals surface area contributed by atoms with Crippen LogP contribution in [-0.4, -0.2) is 29.3 Å². The number of fused-ring (bicyclic) bond motifs is 1. The largest absolute Gasteiger partial charge is 0.433 e. The summed E-state index contributed by atoms with van der Waals surface area (Å²) in [6, 6.07) is 0.778. The fourth-order valence-electron chi connectivity index (χ4n) is 1.97. The molecule has 2 aliphatic heterocycles. The van der Waals surface area contributed by atoms with E-state index in [1.54, 1.807) is 6.20 Å². The molecule has 1 N–H and O–H groups in total. The first-order valence-electron chi connectivity index (χ1n) is 6.09. The number of nitrogens with one attached hydrogen (secondary N) is 1. The third-order valence-electron chi connectivity index (χ3n) is 2.96. The van der Waals surface area contributed by atoms with E-state index in [2.05, 4.69) is 25.5 Å². The van der Waals surface area contributed by atoms with Crippen molar-refractivity contribution in [2.45, 2.75) is 12.4 Å². The molecular weight excluding hydrogens is 287 g/mol. The molecule has 21 heavy (non-hydrogen) atoms. The lowest BCUT2D eigenvalue weighted by Crippen LogP contribution is -2.18. The SMILES string of the molecule is FC(F)(F)c1ccnc(N=NC2OCC=C3CNC=C32)n1. The van der Waals surface area contributed by atoms with Crippen LogP contribution < -0.4 is 5.32 Å². The van der Waals surface area contributed by atoms with Crippen molar-refractivity contribution >= 4 is 5.95 Å². The van der Waals surface area contributed by atoms with Gasteiger partial charge in [0.25, 0.3) is 5.95 Å². The topological polar surface area (TPSA) is 71.8 Å². The zero-order valence-corrected chi connectivity index (χ0v) is 10.6. The van der Waals surface area contributed by atoms with Crippen molar-refractivity contribution in [2.24, 2.45) is 10.2 Å². The summed E-state index contributed by atoms with van der Waals surface area (Å²) in [5.74, 6) is -0.351. The Morgan fingerprint density at radius 2 is 2.24 bits per heavy atom. The first-order chi connectivity index (χ1) is 10.0. The van der Waals surface area contributed by atoms with Crippen LogP contribution in [0.15, 0.2) is 45.9 Å². The summed E-state index contributed by atoms with van der Waals surface area (Å²) in [7, 11) is 0. The van der Waals surface area contributed by atoms with E-state index in [1.807, 2.05) is 6.08 Å². The molecule has 0 aromatic carbocycles. The van der Waals surface area contributed by atoms with E-state index < -0.39 is 18.1 Å². The summed E-state index contributed by atoms with van der Waals surface area (Å²) >= 11 is 0. The summed E-state index contributed by atoms with van der Waals surface area (Å²) in [5.41, 5.74) is 0.811. The minimum absolute atomic E-state index is 0.351. The van der Waals surface area contributed by atoms with E-state index in [-0.39, 0.29) is 5.95 Å². The summed E-state index contributed by atoms with van der Waals surface area (Å²) in [4.78, 5) is 6.96. The quantitative estimate of drug-likeness (QED) is 0.851. The lowest BCUT2D eigenvalue weighted by atomic mass is 10.1. The monoisotopic (exact) mass is 297 g/mol. The standard InChI is InChI=1S/C12H10F3N5O/c13-12(14,15)9-1-3-17-11(18-9)20-19-10-8-6-16-5-7(8)2-4-21-10/h1-3,6,10,16H,4-5H2. The van der Waals surface area contributed by atoms with E-state index in [0.717, 1.165) is 23.4 Å². The minimum Gasteiger partial charge on any atom is -0.386 e. The Morgan fingerprint density at radius 3 is 3.05 bits per heavy atom. The molecule has 110 valence electrons. The van der Waals surface area contributed by atoms with Crippen molar-refractivity contribution in [3.8, 4) is 0 Å². The zero-order chi connectivity index (χ0) is 14.9. The van der Waals surface area contributed by atoms with Crippen LogP contribution in [0, 0.1) is 0 Å². The number of ether oxygens (including phenoxy) is 1. The van der Waals surface area contributed by atoms with Gasteiger partial charge in [-0.3, -0.25) is 0 Å². The Morgan fingerprint density at radius 1 is 1.38 bits per heavy atom. The van der Waals surface area contributed by atoms with Gasteiger partial charge in [0.05, 0.1) is 6.61 Å². The lowest BCUT2D eigenvalue weighted by Gasteiger charge is -2.18. The third kappa shape index (κ3) is 2.92. The Kier molecular flexibility index (Phi) is 3.42. The molecule has 1 aromatic heterocycles. The van der Waals surface area contributed by atoms with E-state index in [9.17, 15) is 13.2 Å². The van der Waals surface area contributed by atoms with Crippen molar-refractivity contribution in [3.63, 3.8) is 0 Å². The average Bonchev–Trinajstić information content (AvgIpc) is 2.93. The van der Waals surface area contributed by atoms with Crippen molar-refractivity contribution in [2.75, 3.05) is 13.2 Å². The molecule has 0 fully saturated rings. The molecule has 3 rings (SSSR count). The van der Waals surface area contributed by atoms with Crippen LogP contribution in [0.2, 0.25) is 0 Å². The van der Waals surface area contributed by atoms with Gasteiger partial charge < -0.3 is 10.1 Å². The van der Waals surface area contributed by atoms with Gasteiger partial charge in [-0.1, -0.05) is 6.08 Å². The molecule has 9 heteroatoms. The fraction of sp³-hybridized carbons (Fsp3) is 0.333. The van der Waals surface area contributed by atoms with Gasteiger partial charge in [-0.25, -0.2) is 9.97 Å². The molecule has 0 bridgehead atoms. The molecule has 0 aliphatic carbocycles. The number of hydrogen-bond donors (Lipinski definition) is 1. The van der Waals surface area contributed by atoms with Gasteiger partial charge in [0, 0.05) is 24.5 Å². The number of nitrogens with zero attached hydrogens (tertiary/aromatic N) is 4. The first kappa shape index (κ1) is 13.7. The highest BCUT2D eigenvalue weighted by atomic mass is 19.4. The maximum atomic E-state index is 12.5. The van der Waals surface area contributed by atoms with Gasteiger partial charge in [0.1, 0.15) is 5.69 Å². The van der Waals surface area contributed by atoms with Crippen molar-refractivity contribution < 1.29 is 17.9 Å². The van der Waals surface area contributed by atoms with Crippen LogP contribution in [0.4, 0.5) is 19.1 Å². The second kappa shape index (κ2) is 5.24. The van der Waals surface area contributed by atoms with Crippen LogP contribution in [-0.2, 0) is 10.9 Å². The molecule has 2 aliphatic rings. The van der Waals surface area contributed by atoms with Crippen LogP contribution in [0.3, 0.4) is 0 Å². The van der Waals surface area contributed by atoms with Crippen LogP contribution >= 0.6 is 0 Å². The van der Waals surface area contributed by atoms with Gasteiger partial charge in [-0.2, -0.15) is 13.2 Å². The van der Waals surface area contributed by atoms with Gasteiger partial charge in [0.2, 0.25) is 0 Å². The molecule has 3 heterocycles. The summed E-state index contributed by atoms with van der Waals surface area (Å²) in [6.07, 6.45) is -0.533. The molecular formula is C12H10F3N5O. The van der Waals surface area contributed by atoms with Gasteiger partial charge >= 0.3 is 6.18 Å². The molecule has 0 amide bonds. The number of hydrogen-bond acceptors (Lipinski definition) is 6. The lowest BCUT2D eigenvalue weighted by molar-refractivity contribution is -0.141. The van der Waals surface area contributed by atoms with Crippen molar-refractivity contribution in [3.05, 3.63) is 41.4 Å². The average molecular weight is 297 g/mol. The van der Waals surface area contributed by atoms with Crippen LogP contribution in [0.5, 0.6) is 0 Å². The Bertz CT molecular complexity index is 638. The highest BCUT2D eigenvalue weighted by Crippen LogP contribution is 2.29. The second-order valence-corrected chi connectivity index (χ2v) is 4.35. The van der Waals surface area contributed by atoms with E-state index >= 15 is 0 Å². The number of alkyl halides is 3. The summed E-state index contributed by atoms with van der Waals surface area (Å²) < 4.78 is 43.0. The zero-order valence-electron chi connectivity index (χ0n) is 10.6. The molecule has 0 radical (unpaired) electrons. The maximum Gasteiger partial charge on any atom is 0.433 e. The van der Waals surface area contributed by atoms with Crippen LogP contribution in [0.1, 0.15) is 5.69 Å². The summed E-state index contributed by atoms with van der Waals surface area (Å²) in [5, 5.41) is 10.6. The maximum absolute atomic E-state index is 12.5. The highest BCUT2D eigenvalue weighted by Gasteiger charge is 2.33. The molecule has 0 saturated carbocycles. The predicted molar refractivity (Wildman–Crippen MR) is 65.5 cm³/mol. The Hall–Kier alpha value is -2.29. The normalized spacial score (nSPS) is 21.8. The molecule has 1 aromatic rings. The number of rotatable bonds is 2. The predicted octanol–water partition coefficient (Wildman–Crippen LogP) is 2.35. The van der Waals surface area contributed by atoms with Gasteiger partial charge in [-0.05, 0) is 11.6 Å². The molecule has 0 spiro atoms. The Balaban J connectivity index is 1.79.